The summed E-state index contributed by atoms with van der Waals surface area (Å²) >= 11 is 0.748. The van der Waals surface area contributed by atoms with Gasteiger partial charge < -0.3 is 0 Å². The van der Waals surface area contributed by atoms with Crippen LogP contribution < -0.4 is 0 Å². The molecular weight excluding hydrogens is 267 g/mol. The second kappa shape index (κ2) is 12.0. The maximum atomic E-state index is 1.59. The zero-order chi connectivity index (χ0) is 14.6. The molecule has 2 rings (SSSR count). The molecule has 0 aromatic carbocycles. The van der Waals surface area contributed by atoms with Crippen LogP contribution in [0.1, 0.15) is 116 Å². The van der Waals surface area contributed by atoms with Crippen molar-refractivity contribution in [1.29, 1.82) is 0 Å². The van der Waals surface area contributed by atoms with Crippen LogP contribution in [0.25, 0.3) is 0 Å². The predicted octanol–water partition coefficient (Wildman–Crippen LogP) is 7.32. The van der Waals surface area contributed by atoms with Gasteiger partial charge in [0.05, 0.1) is 0 Å². The first-order valence-corrected chi connectivity index (χ1v) is 11.6. The number of rotatable bonds is 2. The van der Waals surface area contributed by atoms with Gasteiger partial charge in [-0.25, -0.2) is 0 Å². The molecule has 0 aromatic rings. The van der Waals surface area contributed by atoms with Gasteiger partial charge in [0.25, 0.3) is 0 Å². The van der Waals surface area contributed by atoms with Crippen LogP contribution in [0.5, 0.6) is 0 Å². The van der Waals surface area contributed by atoms with Crippen LogP contribution in [-0.4, -0.2) is 15.2 Å². The molecule has 0 heterocycles. The van der Waals surface area contributed by atoms with Crippen LogP contribution in [0.15, 0.2) is 0 Å². The van der Waals surface area contributed by atoms with Gasteiger partial charge in [-0.15, -0.1) is 0 Å². The molecule has 21 heavy (non-hydrogen) atoms. The molecule has 0 N–H and O–H groups in total. The summed E-state index contributed by atoms with van der Waals surface area (Å²) in [6.45, 7) is 0. The third-order valence-electron chi connectivity index (χ3n) is 5.84. The third kappa shape index (κ3) is 8.66. The third-order valence-corrected chi connectivity index (χ3v) is 8.27. The second-order valence-electron chi connectivity index (χ2n) is 7.82. The van der Waals surface area contributed by atoms with E-state index in [-0.39, 0.29) is 0 Å². The first kappa shape index (κ1) is 17.9. The summed E-state index contributed by atoms with van der Waals surface area (Å²) in [5.41, 5.74) is 0. The van der Waals surface area contributed by atoms with Gasteiger partial charge in [0, 0.05) is 0 Å². The van der Waals surface area contributed by atoms with E-state index in [0.717, 1.165) is 24.8 Å². The molecule has 1 heteroatoms. The Labute approximate surface area is 140 Å². The Balaban J connectivity index is 1.74. The van der Waals surface area contributed by atoms with Gasteiger partial charge in [-0.05, 0) is 0 Å². The monoisotopic (exact) mass is 305 g/mol. The molecule has 2 aliphatic rings. The van der Waals surface area contributed by atoms with Crippen molar-refractivity contribution in [3.8, 4) is 0 Å². The number of hydrogen-bond acceptors (Lipinski definition) is 0. The predicted molar refractivity (Wildman–Crippen MR) is 96.4 cm³/mol. The van der Waals surface area contributed by atoms with E-state index in [1.807, 2.05) is 0 Å². The van der Waals surface area contributed by atoms with Crippen molar-refractivity contribution < 1.29 is 0 Å². The Morgan fingerprint density at radius 3 is 0.857 bits per heavy atom. The van der Waals surface area contributed by atoms with E-state index >= 15 is 0 Å². The van der Waals surface area contributed by atoms with Crippen molar-refractivity contribution >= 4 is 15.2 Å². The van der Waals surface area contributed by atoms with Gasteiger partial charge in [-0.2, -0.15) is 0 Å². The molecule has 0 saturated heterocycles. The van der Waals surface area contributed by atoms with Crippen LogP contribution in [0.2, 0.25) is 9.56 Å². The molecule has 2 fully saturated rings. The molecule has 0 bridgehead atoms. The van der Waals surface area contributed by atoms with E-state index in [4.69, 9.17) is 0 Å². The maximum absolute atomic E-state index is 1.59. The molecule has 0 amide bonds. The fourth-order valence-electron chi connectivity index (χ4n) is 4.45. The van der Waals surface area contributed by atoms with Crippen LogP contribution in [-0.2, 0) is 0 Å². The van der Waals surface area contributed by atoms with Crippen molar-refractivity contribution in [1.82, 2.24) is 0 Å². The molecule has 0 unspecified atom stereocenters. The summed E-state index contributed by atoms with van der Waals surface area (Å²) in [6, 6.07) is 0. The minimum absolute atomic E-state index is 0.748. The van der Waals surface area contributed by atoms with Crippen LogP contribution in [0, 0.1) is 0 Å². The summed E-state index contributed by atoms with van der Waals surface area (Å²) in [5.74, 6) is 0. The second-order valence-corrected chi connectivity index (χ2v) is 10.1. The molecule has 2 saturated carbocycles. The van der Waals surface area contributed by atoms with Gasteiger partial charge in [0.1, 0.15) is 0 Å². The van der Waals surface area contributed by atoms with E-state index in [0.29, 0.717) is 0 Å². The van der Waals surface area contributed by atoms with Gasteiger partial charge in [-0.1, -0.05) is 0 Å². The Hall–Kier alpha value is 0.532. The molecule has 0 nitrogen and oxygen atoms in total. The Morgan fingerprint density at radius 2 is 0.571 bits per heavy atom. The molecule has 0 atom stereocenters. The van der Waals surface area contributed by atoms with Crippen molar-refractivity contribution in [2.45, 2.75) is 125 Å². The summed E-state index contributed by atoms with van der Waals surface area (Å²) in [6.07, 6.45) is 27.8. The van der Waals surface area contributed by atoms with E-state index < -0.39 is 0 Å². The SMILES string of the molecule is C1CCCC[CH]([Al+][CH]2CCCCCCCCC2)CCCC1. The zero-order valence-corrected chi connectivity index (χ0v) is 15.6. The van der Waals surface area contributed by atoms with Crippen molar-refractivity contribution in [3.05, 3.63) is 0 Å². The van der Waals surface area contributed by atoms with Crippen LogP contribution in [0.3, 0.4) is 0 Å². The topological polar surface area (TPSA) is 0 Å². The average molecular weight is 306 g/mol. The van der Waals surface area contributed by atoms with Crippen LogP contribution in [0.4, 0.5) is 0 Å². The Kier molecular flexibility index (Phi) is 10.2. The summed E-state index contributed by atoms with van der Waals surface area (Å²) in [7, 11) is 0. The molecule has 120 valence electrons. The summed E-state index contributed by atoms with van der Waals surface area (Å²) < 4.78 is 2.33. The normalized spacial score (nSPS) is 25.9. The fraction of sp³-hybridized carbons (Fsp3) is 1.00. The van der Waals surface area contributed by atoms with Crippen molar-refractivity contribution in [3.63, 3.8) is 0 Å². The quantitative estimate of drug-likeness (QED) is 0.469. The van der Waals surface area contributed by atoms with Crippen molar-refractivity contribution in [2.75, 3.05) is 0 Å². The molecule has 2 aliphatic carbocycles. The first-order valence-electron chi connectivity index (χ1n) is 10.3. The van der Waals surface area contributed by atoms with Crippen LogP contribution >= 0.6 is 0 Å². The first-order chi connectivity index (χ1) is 10.4. The molecule has 0 spiro atoms. The Bertz CT molecular complexity index is 194. The van der Waals surface area contributed by atoms with E-state index in [2.05, 4.69) is 0 Å². The summed E-state index contributed by atoms with van der Waals surface area (Å²) in [4.78, 5) is 0. The van der Waals surface area contributed by atoms with Gasteiger partial charge in [0.15, 0.2) is 0 Å². The van der Waals surface area contributed by atoms with E-state index in [9.17, 15) is 0 Å². The zero-order valence-electron chi connectivity index (χ0n) is 14.5. The molecule has 0 radical (unpaired) electrons. The Morgan fingerprint density at radius 1 is 0.333 bits per heavy atom. The van der Waals surface area contributed by atoms with E-state index in [1.165, 1.54) is 64.2 Å². The van der Waals surface area contributed by atoms with Crippen molar-refractivity contribution in [2.24, 2.45) is 0 Å². The van der Waals surface area contributed by atoms with E-state index in [1.54, 1.807) is 51.4 Å². The van der Waals surface area contributed by atoms with Gasteiger partial charge in [-0.3, -0.25) is 0 Å². The number of hydrogen-bond donors (Lipinski definition) is 0. The average Bonchev–Trinajstić information content (AvgIpc) is 2.52. The standard InChI is InChI=1S/2C10H19.Al/c2*1-2-4-6-8-10-9-7-5-3-1;/h2*1H,2-10H2;/q;;+1. The molecule has 0 aliphatic heterocycles. The fourth-order valence-corrected chi connectivity index (χ4v) is 6.93. The van der Waals surface area contributed by atoms with Gasteiger partial charge in [0.2, 0.25) is 0 Å². The summed E-state index contributed by atoms with van der Waals surface area (Å²) in [5, 5.41) is 0. The molecule has 0 aromatic heterocycles. The minimum atomic E-state index is 0.748. The molecular formula is C20H38Al+. The van der Waals surface area contributed by atoms with Gasteiger partial charge >= 0.3 is 140 Å².